The molecule has 0 unspecified atom stereocenters. The molecule has 0 aromatic heterocycles. The number of carboxylic acids is 1. The largest absolute Gasteiger partial charge is 0.493 e. The number of para-hydroxylation sites is 1. The average molecular weight is 434 g/mol. The summed E-state index contributed by atoms with van der Waals surface area (Å²) >= 11 is 0.727. The van der Waals surface area contributed by atoms with Gasteiger partial charge in [0, 0.05) is 18.7 Å². The summed E-state index contributed by atoms with van der Waals surface area (Å²) in [4.78, 5) is 51.2. The Bertz CT molecular complexity index is 893. The molecule has 2 fully saturated rings. The lowest BCUT2D eigenvalue weighted by atomic mass is 10.1. The van der Waals surface area contributed by atoms with E-state index in [-0.39, 0.29) is 23.1 Å². The van der Waals surface area contributed by atoms with Crippen molar-refractivity contribution in [2.45, 2.75) is 19.3 Å². The molecule has 0 atom stereocenters. The highest BCUT2D eigenvalue weighted by Gasteiger charge is 2.37. The number of amides is 3. The fourth-order valence-corrected chi connectivity index (χ4v) is 4.08. The standard InChI is InChI=1S/C20H22N2O7S/c1-28-14-7-5-6-13(18(14)29-12-17(24)25)10-15-19(26)22(20(27)30-15)11-16(23)21-8-3-2-4-9-21/h5-7,10H,2-4,8-9,11-12H2,1H3,(H,24,25)/b15-10-. The van der Waals surface area contributed by atoms with Gasteiger partial charge in [0.1, 0.15) is 6.54 Å². The van der Waals surface area contributed by atoms with E-state index in [9.17, 15) is 19.2 Å². The predicted molar refractivity (Wildman–Crippen MR) is 109 cm³/mol. The van der Waals surface area contributed by atoms with E-state index in [0.29, 0.717) is 24.4 Å². The number of rotatable bonds is 7. The number of benzene rings is 1. The molecular formula is C20H22N2O7S. The minimum Gasteiger partial charge on any atom is -0.493 e. The van der Waals surface area contributed by atoms with Crippen molar-refractivity contribution in [2.75, 3.05) is 33.4 Å². The molecule has 0 radical (unpaired) electrons. The smallest absolute Gasteiger partial charge is 0.341 e. The van der Waals surface area contributed by atoms with E-state index in [1.165, 1.54) is 13.2 Å². The third-order valence-corrected chi connectivity index (χ3v) is 5.64. The fourth-order valence-electron chi connectivity index (χ4n) is 3.25. The van der Waals surface area contributed by atoms with Crippen LogP contribution in [-0.2, 0) is 14.4 Å². The van der Waals surface area contributed by atoms with Crippen LogP contribution in [0.5, 0.6) is 11.5 Å². The highest BCUT2D eigenvalue weighted by molar-refractivity contribution is 8.18. The predicted octanol–water partition coefficient (Wildman–Crippen LogP) is 2.21. The minimum absolute atomic E-state index is 0.125. The maximum atomic E-state index is 12.7. The van der Waals surface area contributed by atoms with Gasteiger partial charge in [-0.05, 0) is 43.2 Å². The second kappa shape index (κ2) is 9.66. The van der Waals surface area contributed by atoms with Gasteiger partial charge in [-0.15, -0.1) is 0 Å². The summed E-state index contributed by atoms with van der Waals surface area (Å²) in [6.45, 7) is 0.396. The van der Waals surface area contributed by atoms with Crippen molar-refractivity contribution in [2.24, 2.45) is 0 Å². The number of carbonyl (C=O) groups is 4. The topological polar surface area (TPSA) is 113 Å². The highest BCUT2D eigenvalue weighted by atomic mass is 32.2. The van der Waals surface area contributed by atoms with Gasteiger partial charge in [0.05, 0.1) is 12.0 Å². The third-order valence-electron chi connectivity index (χ3n) is 4.73. The number of imide groups is 1. The summed E-state index contributed by atoms with van der Waals surface area (Å²) in [5.41, 5.74) is 0.392. The fraction of sp³-hybridized carbons (Fsp3) is 0.400. The maximum absolute atomic E-state index is 12.7. The Labute approximate surface area is 177 Å². The molecule has 0 bridgehead atoms. The van der Waals surface area contributed by atoms with E-state index in [1.54, 1.807) is 23.1 Å². The quantitative estimate of drug-likeness (QED) is 0.650. The van der Waals surface area contributed by atoms with Crippen LogP contribution in [0.3, 0.4) is 0 Å². The summed E-state index contributed by atoms with van der Waals surface area (Å²) < 4.78 is 10.5. The van der Waals surface area contributed by atoms with Crippen LogP contribution in [0, 0.1) is 0 Å². The van der Waals surface area contributed by atoms with Gasteiger partial charge in [0.25, 0.3) is 11.1 Å². The first kappa shape index (κ1) is 21.7. The Kier molecular flexibility index (Phi) is 6.99. The monoisotopic (exact) mass is 434 g/mol. The number of hydrogen-bond donors (Lipinski definition) is 1. The molecule has 1 N–H and O–H groups in total. The molecule has 0 spiro atoms. The first-order valence-electron chi connectivity index (χ1n) is 9.45. The number of thioether (sulfide) groups is 1. The number of aliphatic carboxylic acids is 1. The number of carboxylic acid groups (broad SMARTS) is 1. The van der Waals surface area contributed by atoms with E-state index in [2.05, 4.69) is 0 Å². The van der Waals surface area contributed by atoms with Gasteiger partial charge in [0.2, 0.25) is 5.91 Å². The molecule has 1 aromatic rings. The van der Waals surface area contributed by atoms with E-state index >= 15 is 0 Å². The van der Waals surface area contributed by atoms with Crippen molar-refractivity contribution in [3.63, 3.8) is 0 Å². The SMILES string of the molecule is COc1cccc(/C=C2\SC(=O)N(CC(=O)N3CCCCC3)C2=O)c1OCC(=O)O. The van der Waals surface area contributed by atoms with Crippen LogP contribution in [0.2, 0.25) is 0 Å². The summed E-state index contributed by atoms with van der Waals surface area (Å²) in [6.07, 6.45) is 4.35. The van der Waals surface area contributed by atoms with Crippen LogP contribution in [0.15, 0.2) is 23.1 Å². The molecule has 10 heteroatoms. The van der Waals surface area contributed by atoms with Crippen molar-refractivity contribution < 1.29 is 33.8 Å². The summed E-state index contributed by atoms with van der Waals surface area (Å²) in [5, 5.41) is 8.37. The highest BCUT2D eigenvalue weighted by Crippen LogP contribution is 2.37. The molecule has 2 aliphatic rings. The van der Waals surface area contributed by atoms with E-state index < -0.39 is 23.7 Å². The average Bonchev–Trinajstić information content (AvgIpc) is 3.00. The molecule has 0 aliphatic carbocycles. The summed E-state index contributed by atoms with van der Waals surface area (Å²) in [7, 11) is 1.41. The van der Waals surface area contributed by atoms with Gasteiger partial charge < -0.3 is 19.5 Å². The van der Waals surface area contributed by atoms with Gasteiger partial charge in [0.15, 0.2) is 18.1 Å². The van der Waals surface area contributed by atoms with Gasteiger partial charge in [-0.3, -0.25) is 19.3 Å². The number of nitrogens with zero attached hydrogens (tertiary/aromatic N) is 2. The number of piperidine rings is 1. The van der Waals surface area contributed by atoms with Gasteiger partial charge >= 0.3 is 5.97 Å². The van der Waals surface area contributed by atoms with E-state index in [0.717, 1.165) is 35.9 Å². The van der Waals surface area contributed by atoms with Crippen LogP contribution in [0.4, 0.5) is 4.79 Å². The molecule has 160 valence electrons. The molecule has 1 aromatic carbocycles. The Morgan fingerprint density at radius 1 is 1.20 bits per heavy atom. The molecule has 2 aliphatic heterocycles. The van der Waals surface area contributed by atoms with Crippen LogP contribution >= 0.6 is 11.8 Å². The van der Waals surface area contributed by atoms with Crippen LogP contribution in [0.25, 0.3) is 6.08 Å². The van der Waals surface area contributed by atoms with E-state index in [1.807, 2.05) is 0 Å². The van der Waals surface area contributed by atoms with Gasteiger partial charge in [-0.25, -0.2) is 4.79 Å². The molecule has 9 nitrogen and oxygen atoms in total. The molecule has 2 saturated heterocycles. The number of ether oxygens (including phenoxy) is 2. The van der Waals surface area contributed by atoms with Crippen molar-refractivity contribution in [3.8, 4) is 11.5 Å². The van der Waals surface area contributed by atoms with Crippen LogP contribution in [-0.4, -0.2) is 71.3 Å². The first-order valence-corrected chi connectivity index (χ1v) is 10.3. The number of likely N-dealkylation sites (tertiary alicyclic amines) is 1. The Morgan fingerprint density at radius 2 is 1.93 bits per heavy atom. The Hall–Kier alpha value is -3.01. The zero-order valence-electron chi connectivity index (χ0n) is 16.5. The number of carbonyl (C=O) groups excluding carboxylic acids is 3. The van der Waals surface area contributed by atoms with Crippen molar-refractivity contribution in [1.82, 2.24) is 9.80 Å². The van der Waals surface area contributed by atoms with Crippen molar-refractivity contribution in [3.05, 3.63) is 28.7 Å². The minimum atomic E-state index is -1.16. The molecular weight excluding hydrogens is 412 g/mol. The molecule has 2 heterocycles. The Balaban J connectivity index is 1.79. The lowest BCUT2D eigenvalue weighted by Gasteiger charge is -2.27. The molecule has 3 amide bonds. The summed E-state index contributed by atoms with van der Waals surface area (Å²) in [6, 6.07) is 4.87. The first-order chi connectivity index (χ1) is 14.4. The molecule has 0 saturated carbocycles. The zero-order chi connectivity index (χ0) is 21.7. The molecule has 30 heavy (non-hydrogen) atoms. The second-order valence-corrected chi connectivity index (χ2v) is 7.76. The normalized spacial score (nSPS) is 18.1. The zero-order valence-corrected chi connectivity index (χ0v) is 17.3. The van der Waals surface area contributed by atoms with Crippen molar-refractivity contribution >= 4 is 40.9 Å². The summed E-state index contributed by atoms with van der Waals surface area (Å²) in [5.74, 6) is -1.53. The van der Waals surface area contributed by atoms with Crippen molar-refractivity contribution in [1.29, 1.82) is 0 Å². The molecule has 3 rings (SSSR count). The Morgan fingerprint density at radius 3 is 2.60 bits per heavy atom. The maximum Gasteiger partial charge on any atom is 0.341 e. The third kappa shape index (κ3) is 4.93. The van der Waals surface area contributed by atoms with E-state index in [4.69, 9.17) is 14.6 Å². The van der Waals surface area contributed by atoms with Gasteiger partial charge in [-0.1, -0.05) is 12.1 Å². The number of methoxy groups -OCH3 is 1. The van der Waals surface area contributed by atoms with Crippen LogP contribution < -0.4 is 9.47 Å². The second-order valence-electron chi connectivity index (χ2n) is 6.77. The van der Waals surface area contributed by atoms with Crippen LogP contribution in [0.1, 0.15) is 24.8 Å². The number of hydrogen-bond acceptors (Lipinski definition) is 7. The van der Waals surface area contributed by atoms with Gasteiger partial charge in [-0.2, -0.15) is 0 Å². The lowest BCUT2D eigenvalue weighted by Crippen LogP contribution is -2.44. The lowest BCUT2D eigenvalue weighted by molar-refractivity contribution is -0.139.